The van der Waals surface area contributed by atoms with Crippen molar-refractivity contribution in [1.82, 2.24) is 10.2 Å². The van der Waals surface area contributed by atoms with E-state index in [2.05, 4.69) is 69.2 Å². The summed E-state index contributed by atoms with van der Waals surface area (Å²) in [7, 11) is 0. The maximum absolute atomic E-state index is 8.94. The third-order valence-electron chi connectivity index (χ3n) is 3.65. The fraction of sp³-hybridized carbons (Fsp3) is 0.176. The molecule has 4 heteroatoms. The lowest BCUT2D eigenvalue weighted by atomic mass is 9.90. The molecule has 3 nitrogen and oxygen atoms in total. The summed E-state index contributed by atoms with van der Waals surface area (Å²) in [6, 6.07) is 18.8. The first kappa shape index (κ1) is 14.1. The molecule has 21 heavy (non-hydrogen) atoms. The van der Waals surface area contributed by atoms with Crippen molar-refractivity contribution in [2.24, 2.45) is 0 Å². The zero-order chi connectivity index (χ0) is 14.7. The van der Waals surface area contributed by atoms with Crippen molar-refractivity contribution in [2.45, 2.75) is 18.8 Å². The van der Waals surface area contributed by atoms with E-state index in [0.29, 0.717) is 6.42 Å². The van der Waals surface area contributed by atoms with Crippen molar-refractivity contribution in [3.05, 3.63) is 63.4 Å². The van der Waals surface area contributed by atoms with Gasteiger partial charge in [0.05, 0.1) is 17.3 Å². The molecule has 0 radical (unpaired) electrons. The smallest absolute Gasteiger partial charge is 0.0786 e. The van der Waals surface area contributed by atoms with Crippen LogP contribution >= 0.6 is 22.6 Å². The van der Waals surface area contributed by atoms with E-state index in [-0.39, 0.29) is 5.92 Å². The summed E-state index contributed by atoms with van der Waals surface area (Å²) < 4.78 is 1.16. The average molecular weight is 387 g/mol. The van der Waals surface area contributed by atoms with Crippen molar-refractivity contribution in [2.75, 3.05) is 0 Å². The van der Waals surface area contributed by atoms with Crippen LogP contribution in [0.3, 0.4) is 0 Å². The quantitative estimate of drug-likeness (QED) is 0.665. The number of H-pyrrole nitrogens is 1. The van der Waals surface area contributed by atoms with Gasteiger partial charge >= 0.3 is 0 Å². The first-order chi connectivity index (χ1) is 10.3. The molecule has 0 saturated carbocycles. The highest BCUT2D eigenvalue weighted by molar-refractivity contribution is 14.1. The molecule has 2 aromatic carbocycles. The van der Waals surface area contributed by atoms with Gasteiger partial charge in [0.15, 0.2) is 0 Å². The molecule has 0 fully saturated rings. The Morgan fingerprint density at radius 3 is 2.71 bits per heavy atom. The van der Waals surface area contributed by atoms with Gasteiger partial charge in [0.25, 0.3) is 0 Å². The summed E-state index contributed by atoms with van der Waals surface area (Å²) in [5, 5.41) is 17.8. The summed E-state index contributed by atoms with van der Waals surface area (Å²) >= 11 is 2.31. The first-order valence-electron chi connectivity index (χ1n) is 6.85. The number of halogens is 1. The zero-order valence-corrected chi connectivity index (χ0v) is 13.5. The van der Waals surface area contributed by atoms with E-state index < -0.39 is 0 Å². The molecular weight excluding hydrogens is 373 g/mol. The summed E-state index contributed by atoms with van der Waals surface area (Å²) in [5.74, 6) is 0.151. The molecule has 3 aromatic rings. The van der Waals surface area contributed by atoms with Gasteiger partial charge in [-0.2, -0.15) is 10.4 Å². The Morgan fingerprint density at radius 2 is 1.95 bits per heavy atom. The molecule has 0 amide bonds. The van der Waals surface area contributed by atoms with Gasteiger partial charge in [-0.1, -0.05) is 42.5 Å². The lowest BCUT2D eigenvalue weighted by molar-refractivity contribution is 0.712. The van der Waals surface area contributed by atoms with Crippen LogP contribution in [0.1, 0.15) is 30.0 Å². The summed E-state index contributed by atoms with van der Waals surface area (Å²) in [4.78, 5) is 0. The lowest BCUT2D eigenvalue weighted by Gasteiger charge is -2.14. The monoisotopic (exact) mass is 387 g/mol. The first-order valence-corrected chi connectivity index (χ1v) is 7.93. The van der Waals surface area contributed by atoms with Crippen LogP contribution in [0.25, 0.3) is 10.9 Å². The van der Waals surface area contributed by atoms with Crippen LogP contribution in [0.5, 0.6) is 0 Å². The zero-order valence-electron chi connectivity index (χ0n) is 11.4. The fourth-order valence-corrected chi connectivity index (χ4v) is 3.27. The molecule has 3 rings (SSSR count). The maximum Gasteiger partial charge on any atom is 0.0786 e. The van der Waals surface area contributed by atoms with Crippen LogP contribution in [0.2, 0.25) is 0 Å². The van der Waals surface area contributed by atoms with Crippen molar-refractivity contribution < 1.29 is 0 Å². The number of nitrogens with zero attached hydrogens (tertiary/aromatic N) is 2. The van der Waals surface area contributed by atoms with E-state index in [0.717, 1.165) is 26.6 Å². The van der Waals surface area contributed by atoms with Gasteiger partial charge in [0, 0.05) is 21.3 Å². The number of aromatic nitrogens is 2. The number of benzene rings is 2. The van der Waals surface area contributed by atoms with Crippen molar-refractivity contribution in [3.8, 4) is 6.07 Å². The molecule has 104 valence electrons. The standard InChI is InChI=1S/C17H14IN3/c18-15-10-4-8-14-16(20-21-17(14)15)13(9-5-11-19)12-6-2-1-3-7-12/h1-4,6-8,10,13H,5,9H2,(H,20,21). The Kier molecular flexibility index (Phi) is 4.20. The van der Waals surface area contributed by atoms with E-state index in [1.807, 2.05) is 18.2 Å². The van der Waals surface area contributed by atoms with Gasteiger partial charge in [-0.25, -0.2) is 0 Å². The predicted octanol–water partition coefficient (Wildman–Crippen LogP) is 4.60. The number of hydrogen-bond donors (Lipinski definition) is 1. The van der Waals surface area contributed by atoms with Gasteiger partial charge < -0.3 is 0 Å². The van der Waals surface area contributed by atoms with Gasteiger partial charge in [-0.3, -0.25) is 5.10 Å². The molecule has 1 N–H and O–H groups in total. The van der Waals surface area contributed by atoms with Crippen molar-refractivity contribution in [1.29, 1.82) is 5.26 Å². The SMILES string of the molecule is N#CCCC(c1ccccc1)c1n[nH]c2c(I)cccc12. The van der Waals surface area contributed by atoms with Crippen molar-refractivity contribution in [3.63, 3.8) is 0 Å². The van der Waals surface area contributed by atoms with E-state index >= 15 is 0 Å². The van der Waals surface area contributed by atoms with Crippen molar-refractivity contribution >= 4 is 33.5 Å². The molecule has 0 aliphatic rings. The van der Waals surface area contributed by atoms with Crippen LogP contribution < -0.4 is 0 Å². The van der Waals surface area contributed by atoms with Crippen LogP contribution in [0, 0.1) is 14.9 Å². The number of nitriles is 1. The minimum Gasteiger partial charge on any atom is -0.276 e. The molecule has 0 aliphatic carbocycles. The number of rotatable bonds is 4. The van der Waals surface area contributed by atoms with Gasteiger partial charge in [0.2, 0.25) is 0 Å². The minimum atomic E-state index is 0.151. The molecule has 0 bridgehead atoms. The second-order valence-electron chi connectivity index (χ2n) is 4.93. The Labute approximate surface area is 137 Å². The van der Waals surface area contributed by atoms with Crippen LogP contribution in [-0.2, 0) is 0 Å². The molecule has 1 unspecified atom stereocenters. The maximum atomic E-state index is 8.94. The highest BCUT2D eigenvalue weighted by Crippen LogP contribution is 2.33. The van der Waals surface area contributed by atoms with Crippen LogP contribution in [0.15, 0.2) is 48.5 Å². The van der Waals surface area contributed by atoms with E-state index in [4.69, 9.17) is 5.26 Å². The largest absolute Gasteiger partial charge is 0.276 e. The van der Waals surface area contributed by atoms with Gasteiger partial charge in [0.1, 0.15) is 0 Å². The molecule has 1 aromatic heterocycles. The van der Waals surface area contributed by atoms with Crippen LogP contribution in [-0.4, -0.2) is 10.2 Å². The summed E-state index contributed by atoms with van der Waals surface area (Å²) in [5.41, 5.74) is 3.32. The van der Waals surface area contributed by atoms with Gasteiger partial charge in [-0.05, 0) is 40.6 Å². The average Bonchev–Trinajstić information content (AvgIpc) is 2.94. The van der Waals surface area contributed by atoms with E-state index in [1.165, 1.54) is 5.56 Å². The summed E-state index contributed by atoms with van der Waals surface area (Å²) in [6.07, 6.45) is 1.31. The Hall–Kier alpha value is -1.87. The highest BCUT2D eigenvalue weighted by Gasteiger charge is 2.20. The fourth-order valence-electron chi connectivity index (χ4n) is 2.65. The molecule has 0 saturated heterocycles. The molecule has 0 aliphatic heterocycles. The highest BCUT2D eigenvalue weighted by atomic mass is 127. The second kappa shape index (κ2) is 6.27. The van der Waals surface area contributed by atoms with E-state index in [1.54, 1.807) is 0 Å². The third kappa shape index (κ3) is 2.79. The molecule has 0 spiro atoms. The molecule has 1 atom stereocenters. The predicted molar refractivity (Wildman–Crippen MR) is 91.9 cm³/mol. The molecule has 1 heterocycles. The number of hydrogen-bond acceptors (Lipinski definition) is 2. The molecular formula is C17H14IN3. The second-order valence-corrected chi connectivity index (χ2v) is 6.09. The number of aromatic amines is 1. The normalized spacial score (nSPS) is 12.2. The number of nitrogens with one attached hydrogen (secondary N) is 1. The van der Waals surface area contributed by atoms with Gasteiger partial charge in [-0.15, -0.1) is 0 Å². The van der Waals surface area contributed by atoms with Crippen LogP contribution in [0.4, 0.5) is 0 Å². The Balaban J connectivity index is 2.11. The summed E-state index contributed by atoms with van der Waals surface area (Å²) in [6.45, 7) is 0. The van der Waals surface area contributed by atoms with E-state index in [9.17, 15) is 0 Å². The topological polar surface area (TPSA) is 52.5 Å². The number of fused-ring (bicyclic) bond motifs is 1. The number of para-hydroxylation sites is 1. The third-order valence-corrected chi connectivity index (χ3v) is 4.55. The Morgan fingerprint density at radius 1 is 1.14 bits per heavy atom. The minimum absolute atomic E-state index is 0.151. The lowest BCUT2D eigenvalue weighted by Crippen LogP contribution is -2.02. The Bertz CT molecular complexity index is 787.